The van der Waals surface area contributed by atoms with Gasteiger partial charge in [-0.2, -0.15) is 0 Å². The third-order valence-electron chi connectivity index (χ3n) is 10.2. The molecule has 0 aromatic carbocycles. The molecule has 0 aromatic heterocycles. The lowest BCUT2D eigenvalue weighted by atomic mass is 9.44. The zero-order chi connectivity index (χ0) is 21.3. The maximum absolute atomic E-state index is 6.73. The van der Waals surface area contributed by atoms with Crippen molar-refractivity contribution >= 4 is 0 Å². The van der Waals surface area contributed by atoms with Crippen LogP contribution in [-0.4, -0.2) is 12.2 Å². The first-order valence-electron chi connectivity index (χ1n) is 13.3. The van der Waals surface area contributed by atoms with Gasteiger partial charge in [-0.05, 0) is 93.8 Å². The molecule has 3 fully saturated rings. The maximum atomic E-state index is 6.73. The zero-order valence-corrected chi connectivity index (χ0v) is 20.8. The van der Waals surface area contributed by atoms with Crippen molar-refractivity contribution in [3.63, 3.8) is 0 Å². The van der Waals surface area contributed by atoms with E-state index in [2.05, 4.69) is 40.7 Å². The van der Waals surface area contributed by atoms with Crippen molar-refractivity contribution in [1.82, 2.24) is 0 Å². The van der Waals surface area contributed by atoms with Crippen molar-refractivity contribution < 1.29 is 4.74 Å². The van der Waals surface area contributed by atoms with E-state index in [0.29, 0.717) is 10.8 Å². The second kappa shape index (κ2) is 9.05. The highest BCUT2D eigenvalue weighted by Crippen LogP contribution is 2.70. The lowest BCUT2D eigenvalue weighted by molar-refractivity contribution is -0.179. The summed E-state index contributed by atoms with van der Waals surface area (Å²) < 4.78 is 6.73. The van der Waals surface area contributed by atoms with E-state index in [4.69, 9.17) is 4.74 Å². The fraction of sp³-hybridized carbons (Fsp3) is 0.929. The first-order valence-corrected chi connectivity index (χ1v) is 13.3. The summed E-state index contributed by atoms with van der Waals surface area (Å²) in [6, 6.07) is 0. The van der Waals surface area contributed by atoms with Crippen LogP contribution in [0.1, 0.15) is 119 Å². The predicted octanol–water partition coefficient (Wildman–Crippen LogP) is 8.58. The van der Waals surface area contributed by atoms with Gasteiger partial charge in [-0.25, -0.2) is 0 Å². The van der Waals surface area contributed by atoms with Gasteiger partial charge < -0.3 is 4.74 Å². The summed E-state index contributed by atoms with van der Waals surface area (Å²) in [5.74, 6) is 3.50. The molecule has 7 atom stereocenters. The molecule has 0 saturated heterocycles. The Labute approximate surface area is 182 Å². The van der Waals surface area contributed by atoms with Gasteiger partial charge in [0.15, 0.2) is 0 Å². The van der Waals surface area contributed by atoms with Crippen molar-refractivity contribution in [2.45, 2.75) is 125 Å². The molecule has 168 valence electrons. The minimum Gasteiger partial charge on any atom is -0.375 e. The monoisotopic (exact) mass is 402 g/mol. The third kappa shape index (κ3) is 3.46. The number of fused-ring (bicyclic) bond motifs is 5. The van der Waals surface area contributed by atoms with Gasteiger partial charge in [-0.1, -0.05) is 66.0 Å². The molecule has 0 heterocycles. The van der Waals surface area contributed by atoms with Gasteiger partial charge in [0.2, 0.25) is 0 Å². The Morgan fingerprint density at radius 1 is 1.03 bits per heavy atom. The van der Waals surface area contributed by atoms with Crippen molar-refractivity contribution in [3.05, 3.63) is 11.6 Å². The molecular formula is C28H50O. The van der Waals surface area contributed by atoms with Crippen LogP contribution in [0.4, 0.5) is 0 Å². The topological polar surface area (TPSA) is 9.23 Å². The number of rotatable bonds is 5. The van der Waals surface area contributed by atoms with Crippen LogP contribution in [0.2, 0.25) is 0 Å². The molecule has 7 unspecified atom stereocenters. The van der Waals surface area contributed by atoms with Crippen LogP contribution in [0, 0.1) is 34.5 Å². The smallest absolute Gasteiger partial charge is 0.0715 e. The van der Waals surface area contributed by atoms with E-state index in [0.717, 1.165) is 36.7 Å². The lowest BCUT2D eigenvalue weighted by Crippen LogP contribution is -2.58. The molecular weight excluding hydrogens is 352 g/mol. The van der Waals surface area contributed by atoms with Crippen LogP contribution < -0.4 is 0 Å². The molecule has 0 aromatic rings. The average molecular weight is 403 g/mol. The van der Waals surface area contributed by atoms with E-state index < -0.39 is 0 Å². The van der Waals surface area contributed by atoms with E-state index in [1.165, 1.54) is 64.2 Å². The van der Waals surface area contributed by atoms with Crippen molar-refractivity contribution in [1.29, 1.82) is 0 Å². The van der Waals surface area contributed by atoms with E-state index in [1.54, 1.807) is 0 Å². The van der Waals surface area contributed by atoms with Gasteiger partial charge in [0.25, 0.3) is 0 Å². The van der Waals surface area contributed by atoms with Crippen LogP contribution in [-0.2, 0) is 4.74 Å². The highest BCUT2D eigenvalue weighted by molar-refractivity contribution is 5.26. The van der Waals surface area contributed by atoms with Crippen LogP contribution in [0.5, 0.6) is 0 Å². The van der Waals surface area contributed by atoms with E-state index in [-0.39, 0.29) is 5.60 Å². The molecule has 29 heavy (non-hydrogen) atoms. The fourth-order valence-corrected chi connectivity index (χ4v) is 8.69. The zero-order valence-electron chi connectivity index (χ0n) is 20.8. The SMILES string of the molecule is CC.CCCOC1(C)CCC2C3CC=C4CCCCC4(C)C3CCC21C(C)CC. The van der Waals surface area contributed by atoms with Gasteiger partial charge in [0, 0.05) is 12.0 Å². The van der Waals surface area contributed by atoms with Crippen LogP contribution in [0.15, 0.2) is 11.6 Å². The standard InChI is InChI=1S/C26H44O.C2H6/c1-6-18-27-25(5)16-13-23-21-12-11-20-10-8-9-15-24(20,4)22(21)14-17-26(23,25)19(3)7-2;1-2/h11,19,21-23H,6-10,12-18H2,1-5H3;1-2H3. The third-order valence-corrected chi connectivity index (χ3v) is 10.2. The second-order valence-corrected chi connectivity index (χ2v) is 11.0. The summed E-state index contributed by atoms with van der Waals surface area (Å²) in [4.78, 5) is 0. The Morgan fingerprint density at radius 2 is 1.76 bits per heavy atom. The lowest BCUT2D eigenvalue weighted by Gasteiger charge is -2.61. The summed E-state index contributed by atoms with van der Waals surface area (Å²) in [5, 5.41) is 0. The molecule has 4 aliphatic rings. The fourth-order valence-electron chi connectivity index (χ4n) is 8.69. The predicted molar refractivity (Wildman–Crippen MR) is 126 cm³/mol. The highest BCUT2D eigenvalue weighted by Gasteiger charge is 2.66. The van der Waals surface area contributed by atoms with E-state index >= 15 is 0 Å². The molecule has 0 spiro atoms. The minimum absolute atomic E-state index is 0.103. The molecule has 0 bridgehead atoms. The molecule has 0 aliphatic heterocycles. The minimum atomic E-state index is 0.103. The molecule has 4 rings (SSSR count). The molecule has 1 heteroatoms. The first-order chi connectivity index (χ1) is 13.9. The number of hydrogen-bond acceptors (Lipinski definition) is 1. The largest absolute Gasteiger partial charge is 0.375 e. The molecule has 0 radical (unpaired) electrons. The van der Waals surface area contributed by atoms with Crippen molar-refractivity contribution in [2.75, 3.05) is 6.61 Å². The van der Waals surface area contributed by atoms with Crippen molar-refractivity contribution in [3.8, 4) is 0 Å². The second-order valence-electron chi connectivity index (χ2n) is 11.0. The molecule has 0 amide bonds. The summed E-state index contributed by atoms with van der Waals surface area (Å²) in [6.07, 6.45) is 17.8. The Hall–Kier alpha value is -0.300. The number of hydrogen-bond donors (Lipinski definition) is 0. The quantitative estimate of drug-likeness (QED) is 0.418. The maximum Gasteiger partial charge on any atom is 0.0715 e. The number of ether oxygens (including phenoxy) is 1. The van der Waals surface area contributed by atoms with Gasteiger partial charge in [-0.15, -0.1) is 0 Å². The Bertz CT molecular complexity index is 579. The van der Waals surface area contributed by atoms with Gasteiger partial charge in [0.1, 0.15) is 0 Å². The van der Waals surface area contributed by atoms with E-state index in [9.17, 15) is 0 Å². The number of allylic oxidation sites excluding steroid dienone is 2. The molecule has 3 saturated carbocycles. The molecule has 0 N–H and O–H groups in total. The van der Waals surface area contributed by atoms with Gasteiger partial charge in [-0.3, -0.25) is 0 Å². The average Bonchev–Trinajstić information content (AvgIpc) is 3.06. The van der Waals surface area contributed by atoms with Crippen molar-refractivity contribution in [2.24, 2.45) is 34.5 Å². The van der Waals surface area contributed by atoms with Crippen LogP contribution in [0.25, 0.3) is 0 Å². The summed E-state index contributed by atoms with van der Waals surface area (Å²) in [7, 11) is 0. The first kappa shape index (κ1) is 23.4. The Kier molecular flexibility index (Phi) is 7.30. The van der Waals surface area contributed by atoms with Crippen LogP contribution in [0.3, 0.4) is 0 Å². The molecule has 4 aliphatic carbocycles. The summed E-state index contributed by atoms with van der Waals surface area (Å²) >= 11 is 0. The van der Waals surface area contributed by atoms with Gasteiger partial charge >= 0.3 is 0 Å². The normalized spacial score (nSPS) is 44.5. The summed E-state index contributed by atoms with van der Waals surface area (Å²) in [5.41, 5.74) is 2.88. The highest BCUT2D eigenvalue weighted by atomic mass is 16.5. The molecule has 1 nitrogen and oxygen atoms in total. The Morgan fingerprint density at radius 3 is 2.45 bits per heavy atom. The van der Waals surface area contributed by atoms with Gasteiger partial charge in [0.05, 0.1) is 5.60 Å². The van der Waals surface area contributed by atoms with Crippen LogP contribution >= 0.6 is 0 Å². The Balaban J connectivity index is 0.00000117. The van der Waals surface area contributed by atoms with E-state index in [1.807, 2.05) is 19.4 Å². The summed E-state index contributed by atoms with van der Waals surface area (Å²) in [6.45, 7) is 17.3.